The molecule has 2 rings (SSSR count). The van der Waals surface area contributed by atoms with Crippen molar-refractivity contribution in [2.75, 3.05) is 17.2 Å². The van der Waals surface area contributed by atoms with E-state index in [9.17, 15) is 9.18 Å². The fourth-order valence-corrected chi connectivity index (χ4v) is 2.44. The topological polar surface area (TPSA) is 41.1 Å². The molecule has 2 aromatic carbocycles. The minimum absolute atomic E-state index is 0.0361. The van der Waals surface area contributed by atoms with Crippen LogP contribution in [0.2, 0.25) is 5.02 Å². The van der Waals surface area contributed by atoms with Crippen LogP contribution >= 0.6 is 27.5 Å². The summed E-state index contributed by atoms with van der Waals surface area (Å²) < 4.78 is 14.5. The van der Waals surface area contributed by atoms with Crippen LogP contribution in [0.25, 0.3) is 0 Å². The molecule has 0 radical (unpaired) electrons. The molecule has 2 aromatic rings. The second kappa shape index (κ2) is 6.91. The molecule has 1 amide bonds. The largest absolute Gasteiger partial charge is 0.376 e. The van der Waals surface area contributed by atoms with Crippen LogP contribution in [0.4, 0.5) is 15.8 Å². The summed E-state index contributed by atoms with van der Waals surface area (Å²) in [4.78, 5) is 11.8. The molecule has 0 aromatic heterocycles. The molecule has 0 aliphatic carbocycles. The number of anilines is 2. The molecule has 0 unspecified atom stereocenters. The Hall–Kier alpha value is -1.59. The number of halogens is 3. The Kier molecular flexibility index (Phi) is 5.20. The first-order valence-corrected chi connectivity index (χ1v) is 7.38. The highest BCUT2D eigenvalue weighted by atomic mass is 79.9. The van der Waals surface area contributed by atoms with E-state index < -0.39 is 5.82 Å². The van der Waals surface area contributed by atoms with Crippen molar-refractivity contribution >= 4 is 44.8 Å². The van der Waals surface area contributed by atoms with E-state index in [2.05, 4.69) is 26.6 Å². The Morgan fingerprint density at radius 3 is 2.71 bits per heavy atom. The van der Waals surface area contributed by atoms with E-state index in [4.69, 9.17) is 11.6 Å². The third kappa shape index (κ3) is 4.44. The summed E-state index contributed by atoms with van der Waals surface area (Å²) in [7, 11) is 0. The van der Waals surface area contributed by atoms with Gasteiger partial charge in [0.05, 0.1) is 12.2 Å². The van der Waals surface area contributed by atoms with Gasteiger partial charge in [-0.3, -0.25) is 4.79 Å². The number of hydrogen-bond donors (Lipinski definition) is 2. The van der Waals surface area contributed by atoms with Crippen LogP contribution in [0.15, 0.2) is 40.9 Å². The highest BCUT2D eigenvalue weighted by Crippen LogP contribution is 2.21. The number of amides is 1. The maximum absolute atomic E-state index is 13.5. The smallest absolute Gasteiger partial charge is 0.243 e. The van der Waals surface area contributed by atoms with Crippen molar-refractivity contribution < 1.29 is 9.18 Å². The molecule has 6 heteroatoms. The average Bonchev–Trinajstić information content (AvgIpc) is 2.42. The predicted molar refractivity (Wildman–Crippen MR) is 87.4 cm³/mol. The predicted octanol–water partition coefficient (Wildman–Crippen LogP) is 4.60. The first-order valence-electron chi connectivity index (χ1n) is 6.20. The number of rotatable bonds is 4. The van der Waals surface area contributed by atoms with Gasteiger partial charge in [-0.25, -0.2) is 4.39 Å². The maximum atomic E-state index is 13.5. The van der Waals surface area contributed by atoms with E-state index in [1.165, 1.54) is 18.2 Å². The lowest BCUT2D eigenvalue weighted by Crippen LogP contribution is -2.22. The summed E-state index contributed by atoms with van der Waals surface area (Å²) in [6.45, 7) is 1.97. The molecule has 3 nitrogen and oxygen atoms in total. The summed E-state index contributed by atoms with van der Waals surface area (Å²) in [6, 6.07) is 9.70. The van der Waals surface area contributed by atoms with Crippen LogP contribution in [-0.4, -0.2) is 12.5 Å². The van der Waals surface area contributed by atoms with E-state index in [0.29, 0.717) is 5.02 Å². The lowest BCUT2D eigenvalue weighted by Gasteiger charge is -2.11. The van der Waals surface area contributed by atoms with Crippen molar-refractivity contribution in [2.24, 2.45) is 0 Å². The van der Waals surface area contributed by atoms with Gasteiger partial charge in [-0.1, -0.05) is 27.5 Å². The number of nitrogens with one attached hydrogen (secondary N) is 2. The van der Waals surface area contributed by atoms with Crippen molar-refractivity contribution in [1.82, 2.24) is 0 Å². The first-order chi connectivity index (χ1) is 9.95. The van der Waals surface area contributed by atoms with Gasteiger partial charge in [0.2, 0.25) is 5.91 Å². The van der Waals surface area contributed by atoms with Gasteiger partial charge >= 0.3 is 0 Å². The minimum atomic E-state index is -0.521. The summed E-state index contributed by atoms with van der Waals surface area (Å²) >= 11 is 9.14. The Balaban J connectivity index is 1.97. The van der Waals surface area contributed by atoms with Crippen LogP contribution in [-0.2, 0) is 4.79 Å². The highest BCUT2D eigenvalue weighted by Gasteiger charge is 2.08. The molecular weight excluding hydrogens is 359 g/mol. The molecule has 0 aliphatic heterocycles. The standard InChI is InChI=1S/C15H13BrClFN2O/c1-9-6-10(16)2-5-13(9)19-8-15(21)20-14-7-11(17)3-4-12(14)18/h2-7,19H,8H2,1H3,(H,20,21). The molecule has 21 heavy (non-hydrogen) atoms. The number of carbonyl (C=O) groups excluding carboxylic acids is 1. The van der Waals surface area contributed by atoms with Crippen LogP contribution < -0.4 is 10.6 Å². The van der Waals surface area contributed by atoms with E-state index in [0.717, 1.165) is 15.7 Å². The summed E-state index contributed by atoms with van der Waals surface area (Å²) in [5, 5.41) is 5.85. The fraction of sp³-hybridized carbons (Fsp3) is 0.133. The van der Waals surface area contributed by atoms with E-state index in [1.54, 1.807) is 0 Å². The molecule has 0 saturated heterocycles. The second-order valence-corrected chi connectivity index (χ2v) is 5.84. The van der Waals surface area contributed by atoms with Gasteiger partial charge in [0.1, 0.15) is 5.82 Å². The first kappa shape index (κ1) is 15.8. The SMILES string of the molecule is Cc1cc(Br)ccc1NCC(=O)Nc1cc(Cl)ccc1F. The molecule has 0 heterocycles. The Morgan fingerprint density at radius 2 is 2.00 bits per heavy atom. The Labute approximate surface area is 135 Å². The second-order valence-electron chi connectivity index (χ2n) is 4.49. The molecule has 2 N–H and O–H groups in total. The van der Waals surface area contributed by atoms with Crippen molar-refractivity contribution in [3.05, 3.63) is 57.3 Å². The molecule has 0 bridgehead atoms. The zero-order valence-electron chi connectivity index (χ0n) is 11.2. The quantitative estimate of drug-likeness (QED) is 0.824. The van der Waals surface area contributed by atoms with Crippen LogP contribution in [0.3, 0.4) is 0 Å². The zero-order valence-corrected chi connectivity index (χ0v) is 13.6. The number of carbonyl (C=O) groups is 1. The normalized spacial score (nSPS) is 10.3. The maximum Gasteiger partial charge on any atom is 0.243 e. The Bertz CT molecular complexity index is 679. The molecule has 0 spiro atoms. The number of aryl methyl sites for hydroxylation is 1. The van der Waals surface area contributed by atoms with Crippen molar-refractivity contribution in [3.8, 4) is 0 Å². The van der Waals surface area contributed by atoms with Crippen molar-refractivity contribution in [1.29, 1.82) is 0 Å². The molecular formula is C15H13BrClFN2O. The van der Waals surface area contributed by atoms with Gasteiger partial charge in [-0.2, -0.15) is 0 Å². The summed E-state index contributed by atoms with van der Waals surface area (Å²) in [5.41, 5.74) is 1.92. The lowest BCUT2D eigenvalue weighted by atomic mass is 10.2. The monoisotopic (exact) mass is 370 g/mol. The molecule has 0 atom stereocenters. The Morgan fingerprint density at radius 1 is 1.24 bits per heavy atom. The van der Waals surface area contributed by atoms with Gasteiger partial charge in [-0.15, -0.1) is 0 Å². The molecule has 0 fully saturated rings. The average molecular weight is 372 g/mol. The van der Waals surface area contributed by atoms with Crippen molar-refractivity contribution in [2.45, 2.75) is 6.92 Å². The third-order valence-corrected chi connectivity index (χ3v) is 3.56. The third-order valence-electron chi connectivity index (χ3n) is 2.83. The number of hydrogen-bond acceptors (Lipinski definition) is 2. The van der Waals surface area contributed by atoms with Gasteiger partial charge in [0.25, 0.3) is 0 Å². The minimum Gasteiger partial charge on any atom is -0.376 e. The molecule has 0 saturated carbocycles. The van der Waals surface area contributed by atoms with Crippen LogP contribution in [0.5, 0.6) is 0 Å². The van der Waals surface area contributed by atoms with Crippen LogP contribution in [0.1, 0.15) is 5.56 Å². The van der Waals surface area contributed by atoms with Gasteiger partial charge in [0, 0.05) is 15.2 Å². The van der Waals surface area contributed by atoms with Crippen LogP contribution in [0, 0.1) is 12.7 Å². The lowest BCUT2D eigenvalue weighted by molar-refractivity contribution is -0.114. The molecule has 110 valence electrons. The van der Waals surface area contributed by atoms with Crippen molar-refractivity contribution in [3.63, 3.8) is 0 Å². The van der Waals surface area contributed by atoms with E-state index in [1.807, 2.05) is 25.1 Å². The van der Waals surface area contributed by atoms with E-state index in [-0.39, 0.29) is 18.1 Å². The zero-order chi connectivity index (χ0) is 15.4. The number of benzene rings is 2. The summed E-state index contributed by atoms with van der Waals surface area (Å²) in [5.74, 6) is -0.869. The molecule has 0 aliphatic rings. The summed E-state index contributed by atoms with van der Waals surface area (Å²) in [6.07, 6.45) is 0. The van der Waals surface area contributed by atoms with E-state index >= 15 is 0 Å². The highest BCUT2D eigenvalue weighted by molar-refractivity contribution is 9.10. The van der Waals surface area contributed by atoms with Gasteiger partial charge < -0.3 is 10.6 Å². The van der Waals surface area contributed by atoms with Gasteiger partial charge in [-0.05, 0) is 48.9 Å². The van der Waals surface area contributed by atoms with Gasteiger partial charge in [0.15, 0.2) is 0 Å². The fourth-order valence-electron chi connectivity index (χ4n) is 1.79.